The van der Waals surface area contributed by atoms with Gasteiger partial charge < -0.3 is 19.2 Å². The Balaban J connectivity index is 2.02. The highest BCUT2D eigenvalue weighted by molar-refractivity contribution is 5.71. The molecule has 0 amide bonds. The van der Waals surface area contributed by atoms with Gasteiger partial charge in [-0.25, -0.2) is 4.98 Å². The minimum atomic E-state index is 0.256. The highest BCUT2D eigenvalue weighted by Gasteiger charge is 2.19. The van der Waals surface area contributed by atoms with Gasteiger partial charge in [0.25, 0.3) is 0 Å². The van der Waals surface area contributed by atoms with E-state index in [0.29, 0.717) is 5.75 Å². The molecule has 0 spiro atoms. The molecule has 0 atom stereocenters. The molecule has 0 saturated carbocycles. The van der Waals surface area contributed by atoms with E-state index in [-0.39, 0.29) is 6.79 Å². The van der Waals surface area contributed by atoms with Gasteiger partial charge in [-0.15, -0.1) is 0 Å². The zero-order chi connectivity index (χ0) is 13.2. The Labute approximate surface area is 111 Å². The van der Waals surface area contributed by atoms with Crippen molar-refractivity contribution in [1.82, 2.24) is 9.97 Å². The van der Waals surface area contributed by atoms with Gasteiger partial charge in [0.1, 0.15) is 11.6 Å². The molecule has 1 aromatic heterocycles. The van der Waals surface area contributed by atoms with Gasteiger partial charge in [0.15, 0.2) is 11.5 Å². The van der Waals surface area contributed by atoms with E-state index in [9.17, 15) is 0 Å². The third kappa shape index (κ3) is 2.12. The number of fused-ring (bicyclic) bond motifs is 1. The molecule has 19 heavy (non-hydrogen) atoms. The highest BCUT2D eigenvalue weighted by atomic mass is 16.7. The van der Waals surface area contributed by atoms with E-state index >= 15 is 0 Å². The van der Waals surface area contributed by atoms with Gasteiger partial charge in [-0.2, -0.15) is 0 Å². The second kappa shape index (κ2) is 4.84. The third-order valence-electron chi connectivity index (χ3n) is 3.10. The first-order chi connectivity index (χ1) is 9.31. The molecule has 0 radical (unpaired) electrons. The molecule has 2 aromatic rings. The van der Waals surface area contributed by atoms with E-state index in [0.717, 1.165) is 41.4 Å². The first-order valence-electron chi connectivity index (χ1n) is 6.33. The van der Waals surface area contributed by atoms with Crippen LogP contribution in [0.5, 0.6) is 17.2 Å². The zero-order valence-electron chi connectivity index (χ0n) is 11.0. The van der Waals surface area contributed by atoms with Gasteiger partial charge >= 0.3 is 0 Å². The van der Waals surface area contributed by atoms with Crippen molar-refractivity contribution in [2.24, 2.45) is 0 Å². The van der Waals surface area contributed by atoms with Crippen LogP contribution < -0.4 is 14.2 Å². The average molecular weight is 260 g/mol. The summed E-state index contributed by atoms with van der Waals surface area (Å²) in [5.41, 5.74) is 1.86. The molecule has 5 heteroatoms. The summed E-state index contributed by atoms with van der Waals surface area (Å²) in [5.74, 6) is 3.18. The second-order valence-corrected chi connectivity index (χ2v) is 4.40. The fourth-order valence-electron chi connectivity index (χ4n) is 2.17. The fraction of sp³-hybridized carbons (Fsp3) is 0.357. The molecule has 0 fully saturated rings. The predicted molar refractivity (Wildman–Crippen MR) is 70.7 cm³/mol. The molecular formula is C14H16N2O3. The first-order valence-corrected chi connectivity index (χ1v) is 6.33. The molecule has 0 unspecified atom stereocenters. The van der Waals surface area contributed by atoms with E-state index in [1.54, 1.807) is 7.11 Å². The van der Waals surface area contributed by atoms with Crippen LogP contribution in [0.1, 0.15) is 19.2 Å². The van der Waals surface area contributed by atoms with Crippen molar-refractivity contribution in [3.63, 3.8) is 0 Å². The number of aromatic nitrogens is 2. The van der Waals surface area contributed by atoms with E-state index < -0.39 is 0 Å². The lowest BCUT2D eigenvalue weighted by Crippen LogP contribution is -1.92. The molecule has 0 bridgehead atoms. The Bertz CT molecular complexity index is 592. The SMILES string of the molecule is CCCc1ncc(-c2cc3c(cc2OC)OCO3)[nH]1. The number of aromatic amines is 1. The molecule has 0 aliphatic carbocycles. The minimum Gasteiger partial charge on any atom is -0.496 e. The minimum absolute atomic E-state index is 0.256. The summed E-state index contributed by atoms with van der Waals surface area (Å²) in [7, 11) is 1.64. The van der Waals surface area contributed by atoms with Crippen LogP contribution in [0.3, 0.4) is 0 Å². The maximum Gasteiger partial charge on any atom is 0.231 e. The van der Waals surface area contributed by atoms with Crippen LogP contribution in [0.25, 0.3) is 11.3 Å². The molecule has 1 aromatic carbocycles. The predicted octanol–water partition coefficient (Wildman–Crippen LogP) is 2.77. The second-order valence-electron chi connectivity index (χ2n) is 4.40. The van der Waals surface area contributed by atoms with Crippen LogP contribution in [-0.2, 0) is 6.42 Å². The molecular weight excluding hydrogens is 244 g/mol. The molecule has 2 heterocycles. The Kier molecular flexibility index (Phi) is 3.03. The number of methoxy groups -OCH3 is 1. The molecule has 5 nitrogen and oxygen atoms in total. The number of rotatable bonds is 4. The van der Waals surface area contributed by atoms with Crippen LogP contribution in [0.2, 0.25) is 0 Å². The Hall–Kier alpha value is -2.17. The number of benzene rings is 1. The Morgan fingerprint density at radius 1 is 1.32 bits per heavy atom. The summed E-state index contributed by atoms with van der Waals surface area (Å²) in [5, 5.41) is 0. The maximum atomic E-state index is 5.41. The van der Waals surface area contributed by atoms with Crippen molar-refractivity contribution in [1.29, 1.82) is 0 Å². The largest absolute Gasteiger partial charge is 0.496 e. The number of nitrogens with one attached hydrogen (secondary N) is 1. The first kappa shape index (κ1) is 11.9. The van der Waals surface area contributed by atoms with Crippen molar-refractivity contribution in [3.05, 3.63) is 24.2 Å². The van der Waals surface area contributed by atoms with E-state index in [1.807, 2.05) is 18.3 Å². The molecule has 100 valence electrons. The number of hydrogen-bond donors (Lipinski definition) is 1. The molecule has 1 N–H and O–H groups in total. The number of ether oxygens (including phenoxy) is 3. The summed E-state index contributed by atoms with van der Waals surface area (Å²) >= 11 is 0. The molecule has 1 aliphatic rings. The summed E-state index contributed by atoms with van der Waals surface area (Å²) in [6.45, 7) is 2.38. The number of hydrogen-bond acceptors (Lipinski definition) is 4. The quantitative estimate of drug-likeness (QED) is 0.918. The van der Waals surface area contributed by atoms with Gasteiger partial charge in [0.2, 0.25) is 6.79 Å². The summed E-state index contributed by atoms with van der Waals surface area (Å²) in [6.07, 6.45) is 3.82. The standard InChI is InChI=1S/C14H16N2O3/c1-3-4-14-15-7-10(16-14)9-5-12-13(19-8-18-12)6-11(9)17-2/h5-7H,3-4,8H2,1-2H3,(H,15,16). The lowest BCUT2D eigenvalue weighted by atomic mass is 10.1. The summed E-state index contributed by atoms with van der Waals surface area (Å²) in [4.78, 5) is 7.68. The molecule has 0 saturated heterocycles. The van der Waals surface area contributed by atoms with Gasteiger partial charge in [-0.3, -0.25) is 0 Å². The van der Waals surface area contributed by atoms with Crippen LogP contribution in [0, 0.1) is 0 Å². The summed E-state index contributed by atoms with van der Waals surface area (Å²) < 4.78 is 16.2. The number of H-pyrrole nitrogens is 1. The smallest absolute Gasteiger partial charge is 0.231 e. The van der Waals surface area contributed by atoms with Gasteiger partial charge in [-0.05, 0) is 12.5 Å². The number of nitrogens with zero attached hydrogens (tertiary/aromatic N) is 1. The van der Waals surface area contributed by atoms with Crippen molar-refractivity contribution < 1.29 is 14.2 Å². The maximum absolute atomic E-state index is 5.41. The topological polar surface area (TPSA) is 56.4 Å². The van der Waals surface area contributed by atoms with Crippen molar-refractivity contribution in [3.8, 4) is 28.5 Å². The molecule has 3 rings (SSSR count). The lowest BCUT2D eigenvalue weighted by Gasteiger charge is -2.08. The van der Waals surface area contributed by atoms with Crippen molar-refractivity contribution >= 4 is 0 Å². The van der Waals surface area contributed by atoms with Crippen LogP contribution in [0.4, 0.5) is 0 Å². The fourth-order valence-corrected chi connectivity index (χ4v) is 2.17. The number of aryl methyl sites for hydroxylation is 1. The normalized spacial score (nSPS) is 12.7. The average Bonchev–Trinajstić information content (AvgIpc) is 3.05. The van der Waals surface area contributed by atoms with Gasteiger partial charge in [-0.1, -0.05) is 6.92 Å². The highest BCUT2D eigenvalue weighted by Crippen LogP contribution is 2.41. The van der Waals surface area contributed by atoms with Crippen LogP contribution >= 0.6 is 0 Å². The zero-order valence-corrected chi connectivity index (χ0v) is 11.0. The lowest BCUT2D eigenvalue weighted by molar-refractivity contribution is 0.174. The van der Waals surface area contributed by atoms with Gasteiger partial charge in [0, 0.05) is 18.1 Å². The summed E-state index contributed by atoms with van der Waals surface area (Å²) in [6, 6.07) is 3.77. The Morgan fingerprint density at radius 3 is 2.84 bits per heavy atom. The Morgan fingerprint density at radius 2 is 2.11 bits per heavy atom. The third-order valence-corrected chi connectivity index (χ3v) is 3.10. The van der Waals surface area contributed by atoms with Crippen LogP contribution in [0.15, 0.2) is 18.3 Å². The monoisotopic (exact) mass is 260 g/mol. The molecule has 1 aliphatic heterocycles. The van der Waals surface area contributed by atoms with E-state index in [2.05, 4.69) is 16.9 Å². The van der Waals surface area contributed by atoms with Crippen molar-refractivity contribution in [2.75, 3.05) is 13.9 Å². The van der Waals surface area contributed by atoms with Crippen LogP contribution in [-0.4, -0.2) is 23.9 Å². The number of imidazole rings is 1. The van der Waals surface area contributed by atoms with Crippen molar-refractivity contribution in [2.45, 2.75) is 19.8 Å². The van der Waals surface area contributed by atoms with E-state index in [4.69, 9.17) is 14.2 Å². The van der Waals surface area contributed by atoms with E-state index in [1.165, 1.54) is 0 Å². The van der Waals surface area contributed by atoms with Gasteiger partial charge in [0.05, 0.1) is 19.0 Å².